The molecule has 0 aliphatic rings. The minimum Gasteiger partial charge on any atom is -0.493 e. The number of nitrogens with one attached hydrogen (secondary N) is 1. The quantitative estimate of drug-likeness (QED) is 0.332. The maximum Gasteiger partial charge on any atom is 0.234 e. The molecule has 2 aromatic carbocycles. The molecule has 10 heteroatoms. The molecule has 158 valence electrons. The Bertz CT molecular complexity index is 1200. The number of rotatable bonds is 8. The maximum absolute atomic E-state index is 12.4. The molecule has 31 heavy (non-hydrogen) atoms. The third-order valence-corrected chi connectivity index (χ3v) is 5.43. The molecule has 0 aliphatic heterocycles. The Morgan fingerprint density at radius 2 is 1.87 bits per heavy atom. The first-order valence-electron chi connectivity index (χ1n) is 9.40. The Balaban J connectivity index is 1.44. The van der Waals surface area contributed by atoms with Gasteiger partial charge in [0.1, 0.15) is 11.4 Å². The van der Waals surface area contributed by atoms with E-state index in [-0.39, 0.29) is 11.7 Å². The molecule has 0 saturated carbocycles. The maximum atomic E-state index is 12.4. The molecule has 0 bridgehead atoms. The van der Waals surface area contributed by atoms with E-state index in [9.17, 15) is 4.79 Å². The van der Waals surface area contributed by atoms with E-state index < -0.39 is 0 Å². The van der Waals surface area contributed by atoms with E-state index >= 15 is 0 Å². The van der Waals surface area contributed by atoms with Crippen molar-refractivity contribution in [1.29, 1.82) is 0 Å². The minimum absolute atomic E-state index is 0.159. The van der Waals surface area contributed by atoms with Crippen LogP contribution >= 0.6 is 11.8 Å². The number of hydrogen-bond acceptors (Lipinski definition) is 8. The summed E-state index contributed by atoms with van der Waals surface area (Å²) in [6.07, 6.45) is 1.46. The Labute approximate surface area is 182 Å². The van der Waals surface area contributed by atoms with Crippen LogP contribution in [0.5, 0.6) is 11.5 Å². The molecule has 0 fully saturated rings. The summed E-state index contributed by atoms with van der Waals surface area (Å²) in [4.78, 5) is 21.0. The SMILES string of the molecule is COc1ccc(NC(=O)CSc2ncnc3c2nnn3Cc2ccccc2)cc1OC. The number of carbonyl (C=O) groups is 1. The van der Waals surface area contributed by atoms with E-state index in [1.807, 2.05) is 30.3 Å². The van der Waals surface area contributed by atoms with Crippen LogP contribution in [0.4, 0.5) is 5.69 Å². The third kappa shape index (κ3) is 4.75. The summed E-state index contributed by atoms with van der Waals surface area (Å²) in [5, 5.41) is 11.9. The van der Waals surface area contributed by atoms with Crippen molar-refractivity contribution in [2.45, 2.75) is 11.6 Å². The number of benzene rings is 2. The van der Waals surface area contributed by atoms with Gasteiger partial charge >= 0.3 is 0 Å². The smallest absolute Gasteiger partial charge is 0.234 e. The van der Waals surface area contributed by atoms with Crippen molar-refractivity contribution in [1.82, 2.24) is 25.0 Å². The number of ether oxygens (including phenoxy) is 2. The number of carbonyl (C=O) groups excluding carboxylic acids is 1. The van der Waals surface area contributed by atoms with Crippen LogP contribution in [0, 0.1) is 0 Å². The van der Waals surface area contributed by atoms with Gasteiger partial charge < -0.3 is 14.8 Å². The molecule has 1 N–H and O–H groups in total. The molecule has 0 radical (unpaired) electrons. The number of thioether (sulfide) groups is 1. The number of amides is 1. The van der Waals surface area contributed by atoms with Gasteiger partial charge in [-0.15, -0.1) is 5.10 Å². The van der Waals surface area contributed by atoms with Gasteiger partial charge in [0.05, 0.1) is 26.5 Å². The first kappa shape index (κ1) is 20.6. The molecule has 0 unspecified atom stereocenters. The van der Waals surface area contributed by atoms with Crippen LogP contribution in [-0.4, -0.2) is 50.8 Å². The van der Waals surface area contributed by atoms with Crippen LogP contribution in [0.15, 0.2) is 59.9 Å². The lowest BCUT2D eigenvalue weighted by Gasteiger charge is -2.10. The number of nitrogens with zero attached hydrogens (tertiary/aromatic N) is 5. The second-order valence-corrected chi connectivity index (χ2v) is 7.45. The van der Waals surface area contributed by atoms with Crippen molar-refractivity contribution < 1.29 is 14.3 Å². The second-order valence-electron chi connectivity index (χ2n) is 6.49. The number of aromatic nitrogens is 5. The van der Waals surface area contributed by atoms with Gasteiger partial charge in [0.15, 0.2) is 22.7 Å². The second kappa shape index (κ2) is 9.43. The summed E-state index contributed by atoms with van der Waals surface area (Å²) in [6, 6.07) is 15.1. The van der Waals surface area contributed by atoms with Gasteiger partial charge in [-0.05, 0) is 17.7 Å². The van der Waals surface area contributed by atoms with Gasteiger partial charge in [-0.1, -0.05) is 47.3 Å². The zero-order valence-electron chi connectivity index (χ0n) is 17.0. The average molecular weight is 436 g/mol. The van der Waals surface area contributed by atoms with Gasteiger partial charge in [-0.2, -0.15) is 0 Å². The van der Waals surface area contributed by atoms with Gasteiger partial charge in [-0.3, -0.25) is 4.79 Å². The summed E-state index contributed by atoms with van der Waals surface area (Å²) in [5.41, 5.74) is 2.91. The molecule has 9 nitrogen and oxygen atoms in total. The first-order valence-corrected chi connectivity index (χ1v) is 10.4. The Kier molecular flexibility index (Phi) is 6.27. The highest BCUT2D eigenvalue weighted by atomic mass is 32.2. The third-order valence-electron chi connectivity index (χ3n) is 4.45. The van der Waals surface area contributed by atoms with E-state index in [4.69, 9.17) is 9.47 Å². The highest BCUT2D eigenvalue weighted by molar-refractivity contribution is 8.00. The van der Waals surface area contributed by atoms with Crippen molar-refractivity contribution in [2.24, 2.45) is 0 Å². The summed E-state index contributed by atoms with van der Waals surface area (Å²) in [7, 11) is 3.11. The minimum atomic E-state index is -0.180. The Morgan fingerprint density at radius 3 is 2.65 bits per heavy atom. The largest absolute Gasteiger partial charge is 0.493 e. The van der Waals surface area contributed by atoms with Gasteiger partial charge in [0.2, 0.25) is 5.91 Å². The van der Waals surface area contributed by atoms with E-state index in [0.717, 1.165) is 5.56 Å². The van der Waals surface area contributed by atoms with Crippen molar-refractivity contribution in [3.8, 4) is 11.5 Å². The van der Waals surface area contributed by atoms with Gasteiger partial charge in [0.25, 0.3) is 0 Å². The summed E-state index contributed by atoms with van der Waals surface area (Å²) in [6.45, 7) is 0.554. The predicted molar refractivity (Wildman–Crippen MR) is 118 cm³/mol. The normalized spacial score (nSPS) is 10.8. The monoisotopic (exact) mass is 436 g/mol. The highest BCUT2D eigenvalue weighted by Crippen LogP contribution is 2.30. The molecule has 0 saturated heterocycles. The molecule has 2 heterocycles. The van der Waals surface area contributed by atoms with Crippen LogP contribution in [0.25, 0.3) is 11.2 Å². The van der Waals surface area contributed by atoms with Crippen LogP contribution in [0.2, 0.25) is 0 Å². The van der Waals surface area contributed by atoms with Crippen molar-refractivity contribution >= 4 is 34.5 Å². The molecule has 1 amide bonds. The summed E-state index contributed by atoms with van der Waals surface area (Å²) >= 11 is 1.28. The summed E-state index contributed by atoms with van der Waals surface area (Å²) < 4.78 is 12.2. The zero-order valence-corrected chi connectivity index (χ0v) is 17.8. The van der Waals surface area contributed by atoms with Crippen LogP contribution in [-0.2, 0) is 11.3 Å². The first-order chi connectivity index (χ1) is 15.2. The van der Waals surface area contributed by atoms with Gasteiger partial charge in [0, 0.05) is 11.8 Å². The Hall–Kier alpha value is -3.66. The van der Waals surface area contributed by atoms with E-state index in [1.165, 1.54) is 18.1 Å². The van der Waals surface area contributed by atoms with E-state index in [2.05, 4.69) is 25.6 Å². The van der Waals surface area contributed by atoms with Crippen LogP contribution in [0.3, 0.4) is 0 Å². The predicted octanol–water partition coefficient (Wildman–Crippen LogP) is 3.02. The zero-order chi connectivity index (χ0) is 21.6. The molecular formula is C21H20N6O3S. The van der Waals surface area contributed by atoms with E-state index in [1.54, 1.807) is 37.1 Å². The molecule has 0 aliphatic carbocycles. The highest BCUT2D eigenvalue weighted by Gasteiger charge is 2.14. The lowest BCUT2D eigenvalue weighted by molar-refractivity contribution is -0.113. The van der Waals surface area contributed by atoms with Crippen LogP contribution in [0.1, 0.15) is 5.56 Å². The fraction of sp³-hybridized carbons (Fsp3) is 0.190. The molecule has 0 spiro atoms. The lowest BCUT2D eigenvalue weighted by Crippen LogP contribution is -2.14. The van der Waals surface area contributed by atoms with Crippen LogP contribution < -0.4 is 14.8 Å². The number of fused-ring (bicyclic) bond motifs is 1. The number of anilines is 1. The molecular weight excluding hydrogens is 416 g/mol. The number of methoxy groups -OCH3 is 2. The Morgan fingerprint density at radius 1 is 1.06 bits per heavy atom. The van der Waals surface area contributed by atoms with E-state index in [0.29, 0.717) is 39.9 Å². The fourth-order valence-corrected chi connectivity index (χ4v) is 3.72. The fourth-order valence-electron chi connectivity index (χ4n) is 2.98. The van der Waals surface area contributed by atoms with Crippen molar-refractivity contribution in [3.63, 3.8) is 0 Å². The molecule has 4 aromatic rings. The van der Waals surface area contributed by atoms with Crippen molar-refractivity contribution in [3.05, 3.63) is 60.4 Å². The van der Waals surface area contributed by atoms with Crippen molar-refractivity contribution in [2.75, 3.05) is 25.3 Å². The molecule has 4 rings (SSSR count). The lowest BCUT2D eigenvalue weighted by atomic mass is 10.2. The number of hydrogen-bond donors (Lipinski definition) is 1. The molecule has 0 atom stereocenters. The standard InChI is InChI=1S/C21H20N6O3S/c1-29-16-9-8-15(10-17(16)30-2)24-18(28)12-31-21-19-20(22-13-23-21)27(26-25-19)11-14-6-4-3-5-7-14/h3-10,13H,11-12H2,1-2H3,(H,24,28). The average Bonchev–Trinajstić information content (AvgIpc) is 3.21. The van der Waals surface area contributed by atoms with Gasteiger partial charge in [-0.25, -0.2) is 14.6 Å². The summed E-state index contributed by atoms with van der Waals surface area (Å²) in [5.74, 6) is 1.12. The molecule has 2 aromatic heterocycles. The topological polar surface area (TPSA) is 104 Å².